The Kier molecular flexibility index (Phi) is 5.46. The van der Waals surface area contributed by atoms with E-state index < -0.39 is 0 Å². The summed E-state index contributed by atoms with van der Waals surface area (Å²) in [5.41, 5.74) is 3.36. The fraction of sp³-hybridized carbons (Fsp3) is 0.444. The molecule has 0 aliphatic carbocycles. The second-order valence-electron chi connectivity index (χ2n) is 5.82. The monoisotopic (exact) mass is 313 g/mol. The zero-order valence-electron chi connectivity index (χ0n) is 13.2. The summed E-state index contributed by atoms with van der Waals surface area (Å²) in [6, 6.07) is 12.5. The van der Waals surface area contributed by atoms with Gasteiger partial charge in [-0.2, -0.15) is 0 Å². The molecule has 0 radical (unpaired) electrons. The quantitative estimate of drug-likeness (QED) is 0.779. The largest absolute Gasteiger partial charge is 0.303 e. The molecule has 116 valence electrons. The van der Waals surface area contributed by atoms with Crippen LogP contribution in [0, 0.1) is 6.92 Å². The Bertz CT molecular complexity index is 592. The third-order valence-electron chi connectivity index (χ3n) is 4.17. The number of hydrogen-bond donors (Lipinski definition) is 0. The van der Waals surface area contributed by atoms with E-state index in [-0.39, 0.29) is 0 Å². The van der Waals surface area contributed by atoms with E-state index in [9.17, 15) is 0 Å². The predicted octanol–water partition coefficient (Wildman–Crippen LogP) is 4.03. The molecule has 3 nitrogen and oxygen atoms in total. The molecule has 0 spiro atoms. The minimum atomic E-state index is 0.957. The fourth-order valence-electron chi connectivity index (χ4n) is 2.86. The van der Waals surface area contributed by atoms with Crippen LogP contribution in [0.2, 0.25) is 0 Å². The highest BCUT2D eigenvalue weighted by atomic mass is 32.2. The molecule has 1 saturated heterocycles. The molecule has 2 aromatic rings. The van der Waals surface area contributed by atoms with Gasteiger partial charge in [-0.3, -0.25) is 0 Å². The number of likely N-dealkylation sites (tertiary alicyclic amines) is 1. The molecule has 1 aliphatic rings. The van der Waals surface area contributed by atoms with Gasteiger partial charge in [0.05, 0.1) is 5.69 Å². The second kappa shape index (κ2) is 7.75. The summed E-state index contributed by atoms with van der Waals surface area (Å²) >= 11 is 1.81. The zero-order chi connectivity index (χ0) is 15.2. The van der Waals surface area contributed by atoms with Crippen LogP contribution in [0.25, 0.3) is 11.3 Å². The summed E-state index contributed by atoms with van der Waals surface area (Å²) in [7, 11) is 0. The maximum Gasteiger partial charge on any atom is 0.119 e. The standard InChI is InChI=1S/C18H23N3S/c1-15-7-3-4-8-16(15)17-9-10-18(20-19-17)22-14-13-21-11-5-2-6-12-21/h3-4,7-10H,2,5-6,11-14H2,1H3. The van der Waals surface area contributed by atoms with Crippen molar-refractivity contribution in [2.45, 2.75) is 31.2 Å². The molecule has 0 atom stereocenters. The Labute approximate surface area is 137 Å². The van der Waals surface area contributed by atoms with E-state index in [1.54, 1.807) is 11.8 Å². The lowest BCUT2D eigenvalue weighted by Crippen LogP contribution is -2.31. The van der Waals surface area contributed by atoms with Gasteiger partial charge in [0, 0.05) is 17.9 Å². The molecule has 1 aromatic heterocycles. The highest BCUT2D eigenvalue weighted by Gasteiger charge is 2.10. The molecule has 4 heteroatoms. The first-order valence-corrected chi connectivity index (χ1v) is 9.06. The molecule has 0 saturated carbocycles. The second-order valence-corrected chi connectivity index (χ2v) is 6.94. The van der Waals surface area contributed by atoms with E-state index in [0.29, 0.717) is 0 Å². The average Bonchev–Trinajstić information content (AvgIpc) is 2.57. The summed E-state index contributed by atoms with van der Waals surface area (Å²) in [5.74, 6) is 1.10. The number of benzene rings is 1. The minimum Gasteiger partial charge on any atom is -0.303 e. The van der Waals surface area contributed by atoms with E-state index in [2.05, 4.69) is 52.4 Å². The Morgan fingerprint density at radius 1 is 1.00 bits per heavy atom. The molecule has 3 rings (SSSR count). The molecular formula is C18H23N3S. The van der Waals surface area contributed by atoms with Gasteiger partial charge in [-0.15, -0.1) is 22.0 Å². The molecule has 1 aromatic carbocycles. The highest BCUT2D eigenvalue weighted by molar-refractivity contribution is 7.99. The Morgan fingerprint density at radius 2 is 1.82 bits per heavy atom. The van der Waals surface area contributed by atoms with Crippen molar-refractivity contribution < 1.29 is 0 Å². The number of aryl methyl sites for hydroxylation is 1. The Balaban J connectivity index is 1.54. The van der Waals surface area contributed by atoms with E-state index in [1.807, 2.05) is 6.07 Å². The number of rotatable bonds is 5. The van der Waals surface area contributed by atoms with Crippen LogP contribution in [0.3, 0.4) is 0 Å². The van der Waals surface area contributed by atoms with Gasteiger partial charge in [0.2, 0.25) is 0 Å². The molecule has 1 aliphatic heterocycles. The molecule has 0 bridgehead atoms. The van der Waals surface area contributed by atoms with Gasteiger partial charge in [0.15, 0.2) is 0 Å². The van der Waals surface area contributed by atoms with E-state index >= 15 is 0 Å². The number of hydrogen-bond acceptors (Lipinski definition) is 4. The first-order valence-electron chi connectivity index (χ1n) is 8.08. The molecule has 0 amide bonds. The van der Waals surface area contributed by atoms with Crippen molar-refractivity contribution in [3.63, 3.8) is 0 Å². The van der Waals surface area contributed by atoms with Crippen molar-refractivity contribution >= 4 is 11.8 Å². The zero-order valence-corrected chi connectivity index (χ0v) is 14.0. The minimum absolute atomic E-state index is 0.957. The smallest absolute Gasteiger partial charge is 0.119 e. The Morgan fingerprint density at radius 3 is 2.55 bits per heavy atom. The molecule has 2 heterocycles. The van der Waals surface area contributed by atoms with E-state index in [4.69, 9.17) is 0 Å². The normalized spacial score (nSPS) is 15.9. The maximum absolute atomic E-state index is 4.39. The summed E-state index contributed by atoms with van der Waals surface area (Å²) in [6.07, 6.45) is 4.11. The Hall–Kier alpha value is -1.39. The lowest BCUT2D eigenvalue weighted by Gasteiger charge is -2.25. The molecule has 22 heavy (non-hydrogen) atoms. The first-order chi connectivity index (χ1) is 10.8. The van der Waals surface area contributed by atoms with Crippen LogP contribution in [0.5, 0.6) is 0 Å². The predicted molar refractivity (Wildman–Crippen MR) is 93.2 cm³/mol. The third kappa shape index (κ3) is 4.08. The van der Waals surface area contributed by atoms with Gasteiger partial charge in [-0.05, 0) is 50.6 Å². The topological polar surface area (TPSA) is 29.0 Å². The van der Waals surface area contributed by atoms with Gasteiger partial charge >= 0.3 is 0 Å². The van der Waals surface area contributed by atoms with Crippen LogP contribution < -0.4 is 0 Å². The van der Waals surface area contributed by atoms with Crippen LogP contribution >= 0.6 is 11.8 Å². The van der Waals surface area contributed by atoms with Crippen molar-refractivity contribution in [3.05, 3.63) is 42.0 Å². The fourth-order valence-corrected chi connectivity index (χ4v) is 3.68. The average molecular weight is 313 g/mol. The van der Waals surface area contributed by atoms with E-state index in [0.717, 1.165) is 23.0 Å². The van der Waals surface area contributed by atoms with Crippen molar-refractivity contribution in [1.82, 2.24) is 15.1 Å². The van der Waals surface area contributed by atoms with E-state index in [1.165, 1.54) is 43.5 Å². The van der Waals surface area contributed by atoms with Crippen LogP contribution in [0.1, 0.15) is 24.8 Å². The SMILES string of the molecule is Cc1ccccc1-c1ccc(SCCN2CCCCC2)nn1. The van der Waals surface area contributed by atoms with Gasteiger partial charge in [-0.1, -0.05) is 30.7 Å². The van der Waals surface area contributed by atoms with Crippen molar-refractivity contribution in [3.8, 4) is 11.3 Å². The number of thioether (sulfide) groups is 1. The van der Waals surface area contributed by atoms with Gasteiger partial charge in [-0.25, -0.2) is 0 Å². The summed E-state index contributed by atoms with van der Waals surface area (Å²) in [4.78, 5) is 2.56. The van der Waals surface area contributed by atoms with Crippen LogP contribution in [-0.2, 0) is 0 Å². The van der Waals surface area contributed by atoms with Crippen molar-refractivity contribution in [2.75, 3.05) is 25.4 Å². The maximum atomic E-state index is 4.39. The molecule has 0 N–H and O–H groups in total. The molecular weight excluding hydrogens is 290 g/mol. The van der Waals surface area contributed by atoms with Crippen LogP contribution in [0.15, 0.2) is 41.4 Å². The first kappa shape index (κ1) is 15.5. The highest BCUT2D eigenvalue weighted by Crippen LogP contribution is 2.22. The van der Waals surface area contributed by atoms with Gasteiger partial charge in [0.1, 0.15) is 5.03 Å². The van der Waals surface area contributed by atoms with Crippen LogP contribution in [0.4, 0.5) is 0 Å². The summed E-state index contributed by atoms with van der Waals surface area (Å²) in [6.45, 7) is 5.79. The number of aromatic nitrogens is 2. The van der Waals surface area contributed by atoms with Crippen molar-refractivity contribution in [1.29, 1.82) is 0 Å². The van der Waals surface area contributed by atoms with Gasteiger partial charge in [0.25, 0.3) is 0 Å². The van der Waals surface area contributed by atoms with Crippen molar-refractivity contribution in [2.24, 2.45) is 0 Å². The number of nitrogens with zero attached hydrogens (tertiary/aromatic N) is 3. The lowest BCUT2D eigenvalue weighted by atomic mass is 10.1. The summed E-state index contributed by atoms with van der Waals surface area (Å²) in [5, 5.41) is 9.79. The summed E-state index contributed by atoms with van der Waals surface area (Å²) < 4.78 is 0. The lowest BCUT2D eigenvalue weighted by molar-refractivity contribution is 0.242. The molecule has 1 fully saturated rings. The third-order valence-corrected chi connectivity index (χ3v) is 5.07. The molecule has 0 unspecified atom stereocenters. The number of piperidine rings is 1. The van der Waals surface area contributed by atoms with Gasteiger partial charge < -0.3 is 4.90 Å². The van der Waals surface area contributed by atoms with Crippen LogP contribution in [-0.4, -0.2) is 40.5 Å².